The molecule has 4 aromatic rings. The highest BCUT2D eigenvalue weighted by molar-refractivity contribution is 5.94. The van der Waals surface area contributed by atoms with Gasteiger partial charge >= 0.3 is 11.9 Å². The van der Waals surface area contributed by atoms with Crippen LogP contribution in [0.3, 0.4) is 0 Å². The molecule has 1 N–H and O–H groups in total. The molecule has 5 rings (SSSR count). The Kier molecular flexibility index (Phi) is 8.26. The number of benzene rings is 4. The minimum atomic E-state index is -0.542. The molecule has 4 aromatic carbocycles. The predicted octanol–water partition coefficient (Wildman–Crippen LogP) is 7.86. The molecule has 1 heterocycles. The molecule has 43 heavy (non-hydrogen) atoms. The Hall–Kier alpha value is -5.04. The number of esters is 2. The number of hydrogen-bond acceptors (Lipinski definition) is 7. The van der Waals surface area contributed by atoms with Crippen LogP contribution in [0, 0.1) is 6.92 Å². The van der Waals surface area contributed by atoms with Crippen molar-refractivity contribution >= 4 is 23.2 Å². The van der Waals surface area contributed by atoms with Crippen molar-refractivity contribution in [3.05, 3.63) is 113 Å². The molecule has 220 valence electrons. The van der Waals surface area contributed by atoms with Crippen LogP contribution in [0.2, 0.25) is 0 Å². The number of ether oxygens (including phenoxy) is 4. The molecule has 0 saturated heterocycles. The molecule has 0 saturated carbocycles. The predicted molar refractivity (Wildman–Crippen MR) is 168 cm³/mol. The molecule has 0 amide bonds. The quantitative estimate of drug-likeness (QED) is 0.169. The number of carbonyl (C=O) groups excluding carboxylic acids is 2. The summed E-state index contributed by atoms with van der Waals surface area (Å²) >= 11 is 0. The van der Waals surface area contributed by atoms with Crippen molar-refractivity contribution in [3.63, 3.8) is 0 Å². The van der Waals surface area contributed by atoms with E-state index in [1.54, 1.807) is 55.6 Å². The van der Waals surface area contributed by atoms with Crippen molar-refractivity contribution in [1.29, 1.82) is 0 Å². The number of anilines is 1. The van der Waals surface area contributed by atoms with Gasteiger partial charge in [0.15, 0.2) is 0 Å². The Morgan fingerprint density at radius 1 is 0.791 bits per heavy atom. The van der Waals surface area contributed by atoms with Gasteiger partial charge in [-0.25, -0.2) is 9.59 Å². The SMILES string of the molecule is COc1ccccc1C(=O)Oc1ccc(-c2ccc3c(c2COC(=O)c2ccc(C)cc2)C(C)=CC(C)(C)N3)c(OC)c1. The zero-order chi connectivity index (χ0) is 30.7. The molecular weight excluding hydrogens is 542 g/mol. The Bertz CT molecular complexity index is 1720. The van der Waals surface area contributed by atoms with Crippen molar-refractivity contribution in [1.82, 2.24) is 0 Å². The second kappa shape index (κ2) is 12.1. The fourth-order valence-electron chi connectivity index (χ4n) is 5.44. The first-order valence-electron chi connectivity index (χ1n) is 14.0. The van der Waals surface area contributed by atoms with Crippen LogP contribution < -0.4 is 19.5 Å². The highest BCUT2D eigenvalue weighted by Gasteiger charge is 2.27. The minimum absolute atomic E-state index is 0.0478. The Morgan fingerprint density at radius 3 is 2.21 bits per heavy atom. The van der Waals surface area contributed by atoms with Gasteiger partial charge in [-0.3, -0.25) is 0 Å². The summed E-state index contributed by atoms with van der Waals surface area (Å²) in [5.41, 5.74) is 7.08. The molecule has 0 atom stereocenters. The number of fused-ring (bicyclic) bond motifs is 1. The summed E-state index contributed by atoms with van der Waals surface area (Å²) in [7, 11) is 3.07. The summed E-state index contributed by atoms with van der Waals surface area (Å²) in [6.45, 7) is 8.30. The van der Waals surface area contributed by atoms with Crippen LogP contribution in [0.15, 0.2) is 84.9 Å². The molecule has 0 radical (unpaired) electrons. The van der Waals surface area contributed by atoms with Gasteiger partial charge in [0, 0.05) is 28.4 Å². The lowest BCUT2D eigenvalue weighted by molar-refractivity contribution is 0.0473. The van der Waals surface area contributed by atoms with Crippen molar-refractivity contribution < 1.29 is 28.5 Å². The van der Waals surface area contributed by atoms with Gasteiger partial charge in [-0.1, -0.05) is 42.0 Å². The first-order chi connectivity index (χ1) is 20.6. The monoisotopic (exact) mass is 577 g/mol. The molecule has 0 spiro atoms. The third-order valence-corrected chi connectivity index (χ3v) is 7.38. The minimum Gasteiger partial charge on any atom is -0.496 e. The smallest absolute Gasteiger partial charge is 0.347 e. The topological polar surface area (TPSA) is 83.1 Å². The second-order valence-corrected chi connectivity index (χ2v) is 11.1. The van der Waals surface area contributed by atoms with Crippen LogP contribution >= 0.6 is 0 Å². The van der Waals surface area contributed by atoms with Gasteiger partial charge in [-0.2, -0.15) is 0 Å². The second-order valence-electron chi connectivity index (χ2n) is 11.1. The molecule has 0 bridgehead atoms. The van der Waals surface area contributed by atoms with E-state index in [2.05, 4.69) is 32.2 Å². The maximum absolute atomic E-state index is 13.0. The van der Waals surface area contributed by atoms with Gasteiger partial charge in [0.2, 0.25) is 0 Å². The van der Waals surface area contributed by atoms with Crippen LogP contribution in [-0.4, -0.2) is 31.7 Å². The van der Waals surface area contributed by atoms with Crippen molar-refractivity contribution in [2.45, 2.75) is 39.8 Å². The maximum Gasteiger partial charge on any atom is 0.347 e. The maximum atomic E-state index is 13.0. The summed E-state index contributed by atoms with van der Waals surface area (Å²) in [6.07, 6.45) is 2.17. The van der Waals surface area contributed by atoms with E-state index in [4.69, 9.17) is 18.9 Å². The zero-order valence-electron chi connectivity index (χ0n) is 25.2. The molecular formula is C36H35NO6. The van der Waals surface area contributed by atoms with Gasteiger partial charge in [-0.15, -0.1) is 0 Å². The summed E-state index contributed by atoms with van der Waals surface area (Å²) < 4.78 is 22.7. The number of rotatable bonds is 8. The Balaban J connectivity index is 1.52. The van der Waals surface area contributed by atoms with Gasteiger partial charge in [-0.05, 0) is 81.3 Å². The third kappa shape index (κ3) is 6.26. The van der Waals surface area contributed by atoms with Crippen molar-refractivity contribution in [2.24, 2.45) is 0 Å². The molecule has 0 aliphatic carbocycles. The zero-order valence-corrected chi connectivity index (χ0v) is 25.2. The fourth-order valence-corrected chi connectivity index (χ4v) is 5.44. The largest absolute Gasteiger partial charge is 0.496 e. The van der Waals surface area contributed by atoms with E-state index in [0.29, 0.717) is 28.4 Å². The number of hydrogen-bond donors (Lipinski definition) is 1. The van der Waals surface area contributed by atoms with E-state index in [1.807, 2.05) is 37.3 Å². The average molecular weight is 578 g/mol. The van der Waals surface area contributed by atoms with Gasteiger partial charge in [0.05, 0.1) is 25.3 Å². The average Bonchev–Trinajstić information content (AvgIpc) is 2.99. The molecule has 1 aliphatic heterocycles. The lowest BCUT2D eigenvalue weighted by atomic mass is 9.85. The van der Waals surface area contributed by atoms with E-state index in [0.717, 1.165) is 39.1 Å². The normalized spacial score (nSPS) is 13.2. The number of carbonyl (C=O) groups is 2. The highest BCUT2D eigenvalue weighted by Crippen LogP contribution is 2.43. The number of allylic oxidation sites excluding steroid dienone is 1. The van der Waals surface area contributed by atoms with E-state index in [1.165, 1.54) is 7.11 Å². The standard InChI is InChI=1S/C36H35NO6/c1-22-11-13-24(14-12-22)34(38)42-21-29-26(17-18-30-33(29)23(2)20-36(3,4)37-30)27-16-15-25(19-32(27)41-6)43-35(39)28-9-7-8-10-31(28)40-5/h7-20,37H,21H2,1-6H3. The number of nitrogens with one attached hydrogen (secondary N) is 1. The first-order valence-corrected chi connectivity index (χ1v) is 14.0. The first kappa shape index (κ1) is 29.5. The van der Waals surface area contributed by atoms with Crippen LogP contribution in [0.25, 0.3) is 16.7 Å². The van der Waals surface area contributed by atoms with Crippen molar-refractivity contribution in [2.75, 3.05) is 19.5 Å². The van der Waals surface area contributed by atoms with Gasteiger partial charge < -0.3 is 24.3 Å². The molecule has 1 aliphatic rings. The Labute approximate surface area is 252 Å². The molecule has 0 fully saturated rings. The number of aryl methyl sites for hydroxylation is 1. The summed E-state index contributed by atoms with van der Waals surface area (Å²) in [5.74, 6) is 0.303. The molecule has 7 heteroatoms. The number of para-hydroxylation sites is 1. The van der Waals surface area contributed by atoms with Crippen LogP contribution in [0.1, 0.15) is 58.2 Å². The van der Waals surface area contributed by atoms with Crippen LogP contribution in [-0.2, 0) is 11.3 Å². The summed E-state index contributed by atoms with van der Waals surface area (Å²) in [5, 5.41) is 3.58. The van der Waals surface area contributed by atoms with Gasteiger partial charge in [0.25, 0.3) is 0 Å². The number of methoxy groups -OCH3 is 2. The third-order valence-electron chi connectivity index (χ3n) is 7.38. The van der Waals surface area contributed by atoms with E-state index >= 15 is 0 Å². The Morgan fingerprint density at radius 2 is 1.49 bits per heavy atom. The van der Waals surface area contributed by atoms with Gasteiger partial charge in [0.1, 0.15) is 29.4 Å². The lowest BCUT2D eigenvalue weighted by Gasteiger charge is -2.33. The summed E-state index contributed by atoms with van der Waals surface area (Å²) in [6, 6.07) is 23.5. The fraction of sp³-hybridized carbons (Fsp3) is 0.222. The van der Waals surface area contributed by atoms with E-state index in [9.17, 15) is 9.59 Å². The molecule has 7 nitrogen and oxygen atoms in total. The van der Waals surface area contributed by atoms with Crippen LogP contribution in [0.5, 0.6) is 17.2 Å². The lowest BCUT2D eigenvalue weighted by Crippen LogP contribution is -2.32. The molecule has 0 unspecified atom stereocenters. The van der Waals surface area contributed by atoms with Crippen LogP contribution in [0.4, 0.5) is 5.69 Å². The summed E-state index contributed by atoms with van der Waals surface area (Å²) in [4.78, 5) is 26.0. The highest BCUT2D eigenvalue weighted by atomic mass is 16.5. The molecule has 0 aromatic heterocycles. The van der Waals surface area contributed by atoms with E-state index in [-0.39, 0.29) is 12.1 Å². The van der Waals surface area contributed by atoms with Crippen molar-refractivity contribution in [3.8, 4) is 28.4 Å². The van der Waals surface area contributed by atoms with E-state index < -0.39 is 11.9 Å².